The Morgan fingerprint density at radius 3 is 1.94 bits per heavy atom. The molecule has 0 bridgehead atoms. The minimum Gasteiger partial charge on any atom is -0.394 e. The van der Waals surface area contributed by atoms with Gasteiger partial charge in [0.05, 0.1) is 26.4 Å². The summed E-state index contributed by atoms with van der Waals surface area (Å²) in [6, 6.07) is 8.98. The summed E-state index contributed by atoms with van der Waals surface area (Å²) in [5.41, 5.74) is 6.56. The summed E-state index contributed by atoms with van der Waals surface area (Å²) < 4.78 is 10.5. The monoisotopic (exact) mass is 227 g/mol. The van der Waals surface area contributed by atoms with E-state index < -0.39 is 5.91 Å². The Hall–Kier alpha value is -0.980. The smallest absolute Gasteiger partial charge is 0.253 e. The van der Waals surface area contributed by atoms with Gasteiger partial charge in [0.15, 0.2) is 0 Å². The second-order valence-electron chi connectivity index (χ2n) is 3.18. The molecule has 0 saturated heterocycles. The van der Waals surface area contributed by atoms with Crippen molar-refractivity contribution in [3.8, 4) is 0 Å². The molecule has 0 unspecified atom stereocenters. The highest BCUT2D eigenvalue weighted by Crippen LogP contribution is 2.20. The second kappa shape index (κ2) is 6.57. The first kappa shape index (κ1) is 13.1. The van der Waals surface area contributed by atoms with E-state index >= 15 is 0 Å². The van der Waals surface area contributed by atoms with E-state index in [2.05, 4.69) is 0 Å². The molecule has 1 aromatic rings. The van der Waals surface area contributed by atoms with Crippen molar-refractivity contribution < 1.29 is 19.7 Å². The maximum atomic E-state index is 8.72. The fraction of sp³-hybridized carbons (Fsp3) is 0.455. The van der Waals surface area contributed by atoms with Crippen molar-refractivity contribution in [2.24, 2.45) is 5.73 Å². The Morgan fingerprint density at radius 2 is 1.50 bits per heavy atom. The Kier molecular flexibility index (Phi) is 5.37. The van der Waals surface area contributed by atoms with E-state index in [-0.39, 0.29) is 26.4 Å². The number of hydrogen-bond acceptors (Lipinski definition) is 5. The molecule has 0 radical (unpaired) electrons. The molecule has 1 rings (SSSR count). The number of nitrogens with two attached hydrogens (primary N) is 1. The Bertz CT molecular complexity index is 283. The van der Waals surface area contributed by atoms with Crippen LogP contribution in [-0.4, -0.2) is 36.6 Å². The molecule has 0 fully saturated rings. The fourth-order valence-electron chi connectivity index (χ4n) is 1.27. The molecule has 0 aliphatic rings. The number of aliphatic hydroxyl groups is 2. The molecule has 0 aliphatic carbocycles. The summed E-state index contributed by atoms with van der Waals surface area (Å²) >= 11 is 0. The number of benzene rings is 1. The SMILES string of the molecule is NC(OCCO)(OCCO)c1ccccc1. The van der Waals surface area contributed by atoms with Gasteiger partial charge in [-0.1, -0.05) is 30.3 Å². The molecule has 4 N–H and O–H groups in total. The quantitative estimate of drug-likeness (QED) is 0.560. The standard InChI is InChI=1S/C11H17NO4/c12-11(15-8-6-13,16-9-7-14)10-4-2-1-3-5-10/h1-5,13-14H,6-9,12H2. The summed E-state index contributed by atoms with van der Waals surface area (Å²) in [5, 5.41) is 17.4. The zero-order valence-corrected chi connectivity index (χ0v) is 9.00. The van der Waals surface area contributed by atoms with Crippen LogP contribution < -0.4 is 5.73 Å². The normalized spacial score (nSPS) is 11.7. The van der Waals surface area contributed by atoms with E-state index in [1.807, 2.05) is 18.2 Å². The molecule has 5 heteroatoms. The maximum Gasteiger partial charge on any atom is 0.253 e. The number of hydrogen-bond donors (Lipinski definition) is 3. The molecule has 0 saturated carbocycles. The average molecular weight is 227 g/mol. The third kappa shape index (κ3) is 3.55. The lowest BCUT2D eigenvalue weighted by atomic mass is 10.1. The van der Waals surface area contributed by atoms with Crippen molar-refractivity contribution in [1.82, 2.24) is 0 Å². The van der Waals surface area contributed by atoms with E-state index in [0.29, 0.717) is 5.56 Å². The van der Waals surface area contributed by atoms with Crippen LogP contribution in [0.25, 0.3) is 0 Å². The molecule has 5 nitrogen and oxygen atoms in total. The van der Waals surface area contributed by atoms with Crippen LogP contribution in [-0.2, 0) is 15.4 Å². The van der Waals surface area contributed by atoms with Crippen molar-refractivity contribution in [2.45, 2.75) is 5.91 Å². The van der Waals surface area contributed by atoms with E-state index in [1.165, 1.54) is 0 Å². The van der Waals surface area contributed by atoms with Gasteiger partial charge in [0.25, 0.3) is 5.91 Å². The predicted octanol–water partition coefficient (Wildman–Crippen LogP) is -0.227. The van der Waals surface area contributed by atoms with Crippen molar-refractivity contribution in [3.05, 3.63) is 35.9 Å². The van der Waals surface area contributed by atoms with E-state index in [4.69, 9.17) is 25.4 Å². The average Bonchev–Trinajstić information content (AvgIpc) is 2.35. The fourth-order valence-corrected chi connectivity index (χ4v) is 1.27. The highest BCUT2D eigenvalue weighted by Gasteiger charge is 2.28. The summed E-state index contributed by atoms with van der Waals surface area (Å²) in [7, 11) is 0. The van der Waals surface area contributed by atoms with Gasteiger partial charge < -0.3 is 19.7 Å². The summed E-state index contributed by atoms with van der Waals surface area (Å²) in [5.74, 6) is -1.42. The topological polar surface area (TPSA) is 84.9 Å². The minimum absolute atomic E-state index is 0.0663. The van der Waals surface area contributed by atoms with Gasteiger partial charge in [-0.05, 0) is 0 Å². The largest absolute Gasteiger partial charge is 0.394 e. The third-order valence-corrected chi connectivity index (χ3v) is 1.99. The van der Waals surface area contributed by atoms with Crippen LogP contribution in [0.5, 0.6) is 0 Å². The van der Waals surface area contributed by atoms with Gasteiger partial charge in [0.1, 0.15) is 0 Å². The zero-order valence-electron chi connectivity index (χ0n) is 9.00. The lowest BCUT2D eigenvalue weighted by molar-refractivity contribution is -0.249. The zero-order chi connectivity index (χ0) is 11.9. The van der Waals surface area contributed by atoms with Gasteiger partial charge in [-0.2, -0.15) is 0 Å². The van der Waals surface area contributed by atoms with Crippen LogP contribution in [0, 0.1) is 0 Å². The predicted molar refractivity (Wildman–Crippen MR) is 58.4 cm³/mol. The molecular weight excluding hydrogens is 210 g/mol. The van der Waals surface area contributed by atoms with E-state index in [9.17, 15) is 0 Å². The Morgan fingerprint density at radius 1 is 1.00 bits per heavy atom. The molecule has 1 aromatic carbocycles. The molecule has 0 aliphatic heterocycles. The molecular formula is C11H17NO4. The molecule has 0 aromatic heterocycles. The number of ether oxygens (including phenoxy) is 2. The molecule has 0 amide bonds. The van der Waals surface area contributed by atoms with Crippen LogP contribution in [0.2, 0.25) is 0 Å². The molecule has 16 heavy (non-hydrogen) atoms. The first-order valence-corrected chi connectivity index (χ1v) is 5.07. The minimum atomic E-state index is -1.42. The van der Waals surface area contributed by atoms with E-state index in [0.717, 1.165) is 0 Å². The number of aliphatic hydroxyl groups excluding tert-OH is 2. The molecule has 0 spiro atoms. The van der Waals surface area contributed by atoms with Gasteiger partial charge in [-0.25, -0.2) is 0 Å². The maximum absolute atomic E-state index is 8.72. The van der Waals surface area contributed by atoms with Gasteiger partial charge in [-0.3, -0.25) is 5.73 Å². The van der Waals surface area contributed by atoms with Gasteiger partial charge in [0, 0.05) is 5.56 Å². The molecule has 0 atom stereocenters. The van der Waals surface area contributed by atoms with E-state index in [1.54, 1.807) is 12.1 Å². The Labute approximate surface area is 94.4 Å². The first-order chi connectivity index (χ1) is 7.73. The highest BCUT2D eigenvalue weighted by atomic mass is 16.7. The van der Waals surface area contributed by atoms with Crippen molar-refractivity contribution in [1.29, 1.82) is 0 Å². The number of rotatable bonds is 7. The van der Waals surface area contributed by atoms with Crippen LogP contribution in [0.1, 0.15) is 5.56 Å². The van der Waals surface area contributed by atoms with Crippen molar-refractivity contribution >= 4 is 0 Å². The van der Waals surface area contributed by atoms with Crippen LogP contribution in [0.3, 0.4) is 0 Å². The lowest BCUT2D eigenvalue weighted by Gasteiger charge is -2.29. The van der Waals surface area contributed by atoms with Crippen LogP contribution in [0.15, 0.2) is 30.3 Å². The van der Waals surface area contributed by atoms with Crippen LogP contribution >= 0.6 is 0 Å². The Balaban J connectivity index is 2.77. The molecule has 0 heterocycles. The highest BCUT2D eigenvalue weighted by molar-refractivity contribution is 5.19. The van der Waals surface area contributed by atoms with Crippen molar-refractivity contribution in [3.63, 3.8) is 0 Å². The second-order valence-corrected chi connectivity index (χ2v) is 3.18. The summed E-state index contributed by atoms with van der Waals surface area (Å²) in [6.45, 7) is -0.157. The van der Waals surface area contributed by atoms with Gasteiger partial charge in [0.2, 0.25) is 0 Å². The summed E-state index contributed by atoms with van der Waals surface area (Å²) in [4.78, 5) is 0. The molecule has 90 valence electrons. The first-order valence-electron chi connectivity index (χ1n) is 5.07. The lowest BCUT2D eigenvalue weighted by Crippen LogP contribution is -2.44. The third-order valence-electron chi connectivity index (χ3n) is 1.99. The van der Waals surface area contributed by atoms with Crippen molar-refractivity contribution in [2.75, 3.05) is 26.4 Å². The van der Waals surface area contributed by atoms with Crippen LogP contribution in [0.4, 0.5) is 0 Å². The van der Waals surface area contributed by atoms with Gasteiger partial charge >= 0.3 is 0 Å². The van der Waals surface area contributed by atoms with Gasteiger partial charge in [-0.15, -0.1) is 0 Å². The summed E-state index contributed by atoms with van der Waals surface area (Å²) in [6.07, 6.45) is 0.